The van der Waals surface area contributed by atoms with E-state index >= 15 is 0 Å². The van der Waals surface area contributed by atoms with Crippen LogP contribution in [0.4, 0.5) is 0 Å². The Morgan fingerprint density at radius 1 is 0.652 bits per heavy atom. The fourth-order valence-corrected chi connectivity index (χ4v) is 7.78. The van der Waals surface area contributed by atoms with E-state index in [4.69, 9.17) is 14.2 Å². The Kier molecular flexibility index (Phi) is 14.8. The molecule has 0 amide bonds. The lowest BCUT2D eigenvalue weighted by Crippen LogP contribution is -2.40. The third-order valence-electron chi connectivity index (χ3n) is 10.2. The highest BCUT2D eigenvalue weighted by molar-refractivity contribution is 6.01. The second kappa shape index (κ2) is 19.0. The zero-order valence-electron chi connectivity index (χ0n) is 27.8. The van der Waals surface area contributed by atoms with Crippen LogP contribution < -0.4 is 0 Å². The second-order valence-corrected chi connectivity index (χ2v) is 13.6. The van der Waals surface area contributed by atoms with Gasteiger partial charge in [0.25, 0.3) is 0 Å². The van der Waals surface area contributed by atoms with Crippen molar-refractivity contribution in [3.63, 3.8) is 0 Å². The van der Waals surface area contributed by atoms with Gasteiger partial charge < -0.3 is 14.2 Å². The quantitative estimate of drug-likeness (QED) is 0.0540. The third kappa shape index (κ3) is 9.98. The van der Waals surface area contributed by atoms with Gasteiger partial charge in [-0.1, -0.05) is 140 Å². The molecule has 5 unspecified atom stereocenters. The number of hydrogen-bond acceptors (Lipinski definition) is 8. The first kappa shape index (κ1) is 35.8. The molecule has 254 valence electrons. The lowest BCUT2D eigenvalue weighted by Gasteiger charge is -2.39. The van der Waals surface area contributed by atoms with Crippen molar-refractivity contribution in [3.05, 3.63) is 35.4 Å². The fourth-order valence-electron chi connectivity index (χ4n) is 7.78. The van der Waals surface area contributed by atoms with E-state index in [-0.39, 0.29) is 19.4 Å². The van der Waals surface area contributed by atoms with Crippen molar-refractivity contribution in [1.29, 1.82) is 0 Å². The molecule has 2 saturated heterocycles. The van der Waals surface area contributed by atoms with Gasteiger partial charge in [-0.15, -0.1) is 0 Å². The van der Waals surface area contributed by atoms with E-state index in [2.05, 4.69) is 6.92 Å². The molecule has 2 fully saturated rings. The van der Waals surface area contributed by atoms with E-state index in [0.29, 0.717) is 11.1 Å². The summed E-state index contributed by atoms with van der Waals surface area (Å²) in [4.78, 5) is 63.3. The van der Waals surface area contributed by atoms with Gasteiger partial charge in [0, 0.05) is 12.3 Å². The van der Waals surface area contributed by atoms with E-state index in [0.717, 1.165) is 19.3 Å². The van der Waals surface area contributed by atoms with Gasteiger partial charge in [0.2, 0.25) is 0 Å². The van der Waals surface area contributed by atoms with Crippen LogP contribution in [0.5, 0.6) is 0 Å². The van der Waals surface area contributed by atoms with Crippen molar-refractivity contribution in [2.24, 2.45) is 17.8 Å². The molecule has 0 spiro atoms. The summed E-state index contributed by atoms with van der Waals surface area (Å²) >= 11 is 0. The van der Waals surface area contributed by atoms with Crippen LogP contribution in [0.25, 0.3) is 0 Å². The Morgan fingerprint density at radius 2 is 1.17 bits per heavy atom. The van der Waals surface area contributed by atoms with Crippen LogP contribution in [0.1, 0.15) is 158 Å². The molecule has 4 rings (SSSR count). The first-order valence-electron chi connectivity index (χ1n) is 18.2. The minimum Gasteiger partial charge on any atom is -0.466 e. The summed E-state index contributed by atoms with van der Waals surface area (Å²) < 4.78 is 15.4. The number of esters is 5. The topological polar surface area (TPSA) is 113 Å². The van der Waals surface area contributed by atoms with E-state index in [1.54, 1.807) is 24.3 Å². The van der Waals surface area contributed by atoms with Crippen molar-refractivity contribution >= 4 is 29.8 Å². The van der Waals surface area contributed by atoms with Crippen molar-refractivity contribution in [2.45, 2.75) is 147 Å². The number of rotatable bonds is 22. The molecular formula is C38H54O8. The van der Waals surface area contributed by atoms with Gasteiger partial charge in [-0.2, -0.15) is 0 Å². The molecule has 1 aromatic carbocycles. The molecule has 0 radical (unpaired) electrons. The van der Waals surface area contributed by atoms with Crippen LogP contribution in [0.2, 0.25) is 0 Å². The average molecular weight is 639 g/mol. The maximum Gasteiger partial charge on any atom is 0.321 e. The maximum absolute atomic E-state index is 13.0. The lowest BCUT2D eigenvalue weighted by molar-refractivity contribution is -0.157. The van der Waals surface area contributed by atoms with Gasteiger partial charge in [-0.25, -0.2) is 0 Å². The highest BCUT2D eigenvalue weighted by Gasteiger charge is 2.59. The highest BCUT2D eigenvalue weighted by Crippen LogP contribution is 2.55. The Bertz CT molecular complexity index is 1170. The molecule has 1 aliphatic carbocycles. The molecule has 8 nitrogen and oxygen atoms in total. The van der Waals surface area contributed by atoms with E-state index in [1.807, 2.05) is 0 Å². The Hall–Kier alpha value is -3.03. The lowest BCUT2D eigenvalue weighted by atomic mass is 9.60. The number of benzene rings is 1. The molecule has 3 aliphatic rings. The number of carbonyl (C=O) groups excluding carboxylic acids is 5. The minimum atomic E-state index is -0.923. The van der Waals surface area contributed by atoms with Crippen molar-refractivity contribution in [1.82, 2.24) is 0 Å². The van der Waals surface area contributed by atoms with Crippen molar-refractivity contribution < 1.29 is 38.2 Å². The smallest absolute Gasteiger partial charge is 0.321 e. The molecule has 46 heavy (non-hydrogen) atoms. The Balaban J connectivity index is 1.12. The van der Waals surface area contributed by atoms with Gasteiger partial charge in [-0.05, 0) is 23.5 Å². The molecule has 0 N–H and O–H groups in total. The Morgan fingerprint density at radius 3 is 1.70 bits per heavy atom. The molecule has 0 aromatic heterocycles. The van der Waals surface area contributed by atoms with Crippen LogP contribution in [0, 0.1) is 17.8 Å². The molecule has 1 aromatic rings. The van der Waals surface area contributed by atoms with Crippen LogP contribution in [-0.4, -0.2) is 36.5 Å². The number of hydrogen-bond donors (Lipinski definition) is 0. The molecular weight excluding hydrogens is 584 g/mol. The minimum absolute atomic E-state index is 0.136. The molecule has 5 atom stereocenters. The van der Waals surface area contributed by atoms with Gasteiger partial charge in [0.15, 0.2) is 0 Å². The third-order valence-corrected chi connectivity index (χ3v) is 10.2. The zero-order chi connectivity index (χ0) is 32.7. The summed E-state index contributed by atoms with van der Waals surface area (Å²) in [5.74, 6) is -7.11. The van der Waals surface area contributed by atoms with Crippen molar-refractivity contribution in [3.8, 4) is 0 Å². The number of unbranched alkanes of at least 4 members (excludes halogenated alkanes) is 17. The van der Waals surface area contributed by atoms with Crippen LogP contribution in [0.15, 0.2) is 24.3 Å². The predicted octanol–water partition coefficient (Wildman–Crippen LogP) is 8.25. The molecule has 0 bridgehead atoms. The number of cyclic esters (lactones) is 4. The average Bonchev–Trinajstić information content (AvgIpc) is 3.53. The summed E-state index contributed by atoms with van der Waals surface area (Å²) in [5, 5.41) is 0. The van der Waals surface area contributed by atoms with Gasteiger partial charge in [0.1, 0.15) is 0 Å². The summed E-state index contributed by atoms with van der Waals surface area (Å²) in [6, 6.07) is 7.08. The standard InChI is InChI=1S/C38H54O8/c1-2-3-4-5-6-7-8-9-10-11-12-13-14-15-16-17-18-21-24-44-31(39)25-29-33(30-26-32(40)45-36(30)41)27-22-19-20-23-28(27)34-35(29)38(43)46-37(34)42/h19-20,22-23,29-30,33-35H,2-18,21,24-26H2,1H3. The molecule has 2 heterocycles. The summed E-state index contributed by atoms with van der Waals surface area (Å²) in [6.07, 6.45) is 22.8. The predicted molar refractivity (Wildman–Crippen MR) is 174 cm³/mol. The summed E-state index contributed by atoms with van der Waals surface area (Å²) in [6.45, 7) is 2.55. The Labute approximate surface area is 274 Å². The van der Waals surface area contributed by atoms with Gasteiger partial charge in [-0.3, -0.25) is 24.0 Å². The van der Waals surface area contributed by atoms with Crippen molar-refractivity contribution in [2.75, 3.05) is 6.61 Å². The zero-order valence-corrected chi connectivity index (χ0v) is 27.8. The first-order chi connectivity index (χ1) is 22.4. The monoisotopic (exact) mass is 638 g/mol. The molecule has 0 saturated carbocycles. The highest BCUT2D eigenvalue weighted by atomic mass is 16.6. The van der Waals surface area contributed by atoms with E-state index in [9.17, 15) is 24.0 Å². The van der Waals surface area contributed by atoms with E-state index in [1.165, 1.54) is 96.3 Å². The van der Waals surface area contributed by atoms with Gasteiger partial charge in [0.05, 0.1) is 30.8 Å². The SMILES string of the molecule is CCCCCCCCCCCCCCCCCCCCOC(=O)CC1C2C(=O)OC(=O)C2c2ccccc2C1C1CC(=O)OC1=O. The van der Waals surface area contributed by atoms with Crippen LogP contribution in [-0.2, 0) is 38.2 Å². The summed E-state index contributed by atoms with van der Waals surface area (Å²) in [7, 11) is 0. The number of fused-ring (bicyclic) bond motifs is 3. The fraction of sp³-hybridized carbons (Fsp3) is 0.711. The maximum atomic E-state index is 13.0. The summed E-state index contributed by atoms with van der Waals surface area (Å²) in [5.41, 5.74) is 1.28. The number of ether oxygens (including phenoxy) is 3. The normalized spacial score (nSPS) is 23.6. The number of carbonyl (C=O) groups is 5. The first-order valence-corrected chi connectivity index (χ1v) is 18.2. The van der Waals surface area contributed by atoms with Crippen LogP contribution >= 0.6 is 0 Å². The molecule has 8 heteroatoms. The molecule has 2 aliphatic heterocycles. The largest absolute Gasteiger partial charge is 0.466 e. The van der Waals surface area contributed by atoms with Gasteiger partial charge >= 0.3 is 29.8 Å². The van der Waals surface area contributed by atoms with Crippen LogP contribution in [0.3, 0.4) is 0 Å². The second-order valence-electron chi connectivity index (χ2n) is 13.6. The van der Waals surface area contributed by atoms with E-state index < -0.39 is 59.4 Å².